The maximum absolute atomic E-state index is 8.99. The van der Waals surface area contributed by atoms with Crippen LogP contribution in [-0.4, -0.2) is 36.5 Å². The molecule has 0 saturated carbocycles. The molecule has 0 aromatic heterocycles. The zero-order chi connectivity index (χ0) is 11.3. The van der Waals surface area contributed by atoms with Gasteiger partial charge in [0.05, 0.1) is 6.61 Å². The van der Waals surface area contributed by atoms with E-state index in [2.05, 4.69) is 26.1 Å². The van der Waals surface area contributed by atoms with E-state index in [0.29, 0.717) is 12.0 Å². The minimum Gasteiger partial charge on any atom is -0.396 e. The summed E-state index contributed by atoms with van der Waals surface area (Å²) in [6, 6.07) is 0.522. The monoisotopic (exact) mass is 215 g/mol. The minimum absolute atomic E-state index is 0.0258. The molecule has 0 spiro atoms. The van der Waals surface area contributed by atoms with E-state index in [0.717, 1.165) is 26.1 Å². The Morgan fingerprint density at radius 3 is 2.73 bits per heavy atom. The van der Waals surface area contributed by atoms with Gasteiger partial charge in [-0.15, -0.1) is 0 Å². The smallest absolute Gasteiger partial charge is 0.0510 e. The number of rotatable bonds is 6. The average Bonchev–Trinajstić information content (AvgIpc) is 2.67. The quantitative estimate of drug-likeness (QED) is 0.706. The van der Waals surface area contributed by atoms with Gasteiger partial charge in [-0.1, -0.05) is 6.92 Å². The van der Waals surface area contributed by atoms with E-state index in [-0.39, 0.29) is 12.1 Å². The Labute approximate surface area is 93.2 Å². The zero-order valence-corrected chi connectivity index (χ0v) is 10.3. The van der Waals surface area contributed by atoms with Crippen molar-refractivity contribution in [2.45, 2.75) is 51.6 Å². The third-order valence-electron chi connectivity index (χ3n) is 3.29. The van der Waals surface area contributed by atoms with E-state index in [4.69, 9.17) is 9.84 Å². The fourth-order valence-corrected chi connectivity index (χ4v) is 2.28. The van der Waals surface area contributed by atoms with Gasteiger partial charge in [0.25, 0.3) is 0 Å². The summed E-state index contributed by atoms with van der Waals surface area (Å²) < 4.78 is 5.42. The highest BCUT2D eigenvalue weighted by atomic mass is 16.5. The first-order chi connectivity index (χ1) is 7.09. The predicted molar refractivity (Wildman–Crippen MR) is 61.9 cm³/mol. The van der Waals surface area contributed by atoms with Crippen molar-refractivity contribution >= 4 is 0 Å². The number of aliphatic hydroxyl groups excluding tert-OH is 1. The highest BCUT2D eigenvalue weighted by molar-refractivity contribution is 4.86. The Morgan fingerprint density at radius 1 is 1.53 bits per heavy atom. The highest BCUT2D eigenvalue weighted by Crippen LogP contribution is 2.21. The van der Waals surface area contributed by atoms with Crippen LogP contribution >= 0.6 is 0 Å². The van der Waals surface area contributed by atoms with E-state index < -0.39 is 0 Å². The molecule has 2 unspecified atom stereocenters. The lowest BCUT2D eigenvalue weighted by Crippen LogP contribution is -2.49. The van der Waals surface area contributed by atoms with Crippen molar-refractivity contribution in [3.63, 3.8) is 0 Å². The van der Waals surface area contributed by atoms with Crippen molar-refractivity contribution in [1.82, 2.24) is 5.32 Å². The summed E-state index contributed by atoms with van der Waals surface area (Å²) in [4.78, 5) is 0. The molecule has 2 N–H and O–H groups in total. The molecule has 1 saturated heterocycles. The molecule has 1 aliphatic heterocycles. The summed E-state index contributed by atoms with van der Waals surface area (Å²) in [5, 5.41) is 12.6. The topological polar surface area (TPSA) is 41.5 Å². The van der Waals surface area contributed by atoms with E-state index in [1.807, 2.05) is 0 Å². The molecule has 15 heavy (non-hydrogen) atoms. The van der Waals surface area contributed by atoms with Crippen LogP contribution in [0.25, 0.3) is 0 Å². The summed E-state index contributed by atoms with van der Waals surface area (Å²) in [6.45, 7) is 8.57. The van der Waals surface area contributed by atoms with Crippen LogP contribution in [0.15, 0.2) is 0 Å². The summed E-state index contributed by atoms with van der Waals surface area (Å²) in [6.07, 6.45) is 3.10. The van der Waals surface area contributed by atoms with Crippen molar-refractivity contribution in [1.29, 1.82) is 0 Å². The van der Waals surface area contributed by atoms with Gasteiger partial charge in [0.1, 0.15) is 0 Å². The van der Waals surface area contributed by atoms with Crippen LogP contribution in [0.5, 0.6) is 0 Å². The summed E-state index contributed by atoms with van der Waals surface area (Å²) in [5.74, 6) is 0.646. The molecular weight excluding hydrogens is 190 g/mol. The van der Waals surface area contributed by atoms with Crippen LogP contribution in [0.4, 0.5) is 0 Å². The molecule has 90 valence electrons. The first-order valence-electron chi connectivity index (χ1n) is 6.05. The van der Waals surface area contributed by atoms with Crippen molar-refractivity contribution in [3.8, 4) is 0 Å². The third kappa shape index (κ3) is 4.09. The van der Waals surface area contributed by atoms with Crippen LogP contribution in [0.3, 0.4) is 0 Å². The second-order valence-electron chi connectivity index (χ2n) is 5.14. The van der Waals surface area contributed by atoms with E-state index >= 15 is 0 Å². The molecule has 0 radical (unpaired) electrons. The molecule has 3 heteroatoms. The molecule has 1 rings (SSSR count). The summed E-state index contributed by atoms with van der Waals surface area (Å²) in [5.41, 5.74) is 0.0258. The van der Waals surface area contributed by atoms with E-state index in [1.54, 1.807) is 0 Å². The van der Waals surface area contributed by atoms with Gasteiger partial charge in [-0.25, -0.2) is 0 Å². The third-order valence-corrected chi connectivity index (χ3v) is 3.29. The second-order valence-corrected chi connectivity index (χ2v) is 5.14. The molecule has 0 bridgehead atoms. The molecule has 1 aliphatic rings. The maximum Gasteiger partial charge on any atom is 0.0510 e. The van der Waals surface area contributed by atoms with Gasteiger partial charge in [0.2, 0.25) is 0 Å². The number of aliphatic hydroxyl groups is 1. The highest BCUT2D eigenvalue weighted by Gasteiger charge is 2.28. The van der Waals surface area contributed by atoms with Crippen LogP contribution < -0.4 is 5.32 Å². The molecular formula is C12H25NO2. The SMILES string of the molecule is CCC(NC(C)(C)CCO)C1CCOC1. The number of hydrogen-bond donors (Lipinski definition) is 2. The summed E-state index contributed by atoms with van der Waals surface area (Å²) in [7, 11) is 0. The molecule has 1 fully saturated rings. The normalized spacial score (nSPS) is 24.4. The molecule has 0 aliphatic carbocycles. The minimum atomic E-state index is 0.0258. The van der Waals surface area contributed by atoms with Gasteiger partial charge in [-0.05, 0) is 39.0 Å². The molecule has 2 atom stereocenters. The number of hydrogen-bond acceptors (Lipinski definition) is 3. The molecule has 0 aromatic carbocycles. The van der Waals surface area contributed by atoms with Gasteiger partial charge < -0.3 is 15.2 Å². The lowest BCUT2D eigenvalue weighted by molar-refractivity contribution is 0.160. The van der Waals surface area contributed by atoms with E-state index in [9.17, 15) is 0 Å². The average molecular weight is 215 g/mol. The molecule has 0 amide bonds. The van der Waals surface area contributed by atoms with Gasteiger partial charge in [-0.3, -0.25) is 0 Å². The Hall–Kier alpha value is -0.120. The van der Waals surface area contributed by atoms with Gasteiger partial charge in [0.15, 0.2) is 0 Å². The van der Waals surface area contributed by atoms with Crippen LogP contribution in [0, 0.1) is 5.92 Å². The van der Waals surface area contributed by atoms with Crippen LogP contribution in [0.2, 0.25) is 0 Å². The number of ether oxygens (including phenoxy) is 1. The van der Waals surface area contributed by atoms with Gasteiger partial charge in [-0.2, -0.15) is 0 Å². The Kier molecular flexibility index (Phi) is 5.03. The van der Waals surface area contributed by atoms with Crippen LogP contribution in [0.1, 0.15) is 40.0 Å². The van der Waals surface area contributed by atoms with Crippen molar-refractivity contribution in [2.75, 3.05) is 19.8 Å². The maximum atomic E-state index is 8.99. The van der Waals surface area contributed by atoms with Gasteiger partial charge >= 0.3 is 0 Å². The second kappa shape index (κ2) is 5.83. The molecule has 1 heterocycles. The number of nitrogens with one attached hydrogen (secondary N) is 1. The fraction of sp³-hybridized carbons (Fsp3) is 1.00. The van der Waals surface area contributed by atoms with Crippen LogP contribution in [-0.2, 0) is 4.74 Å². The Balaban J connectivity index is 2.44. The van der Waals surface area contributed by atoms with E-state index in [1.165, 1.54) is 6.42 Å². The zero-order valence-electron chi connectivity index (χ0n) is 10.3. The van der Waals surface area contributed by atoms with Gasteiger partial charge in [0, 0.05) is 24.8 Å². The van der Waals surface area contributed by atoms with Crippen molar-refractivity contribution in [3.05, 3.63) is 0 Å². The largest absolute Gasteiger partial charge is 0.396 e. The fourth-order valence-electron chi connectivity index (χ4n) is 2.28. The first kappa shape index (κ1) is 12.9. The first-order valence-corrected chi connectivity index (χ1v) is 6.05. The predicted octanol–water partition coefficient (Wildman–Crippen LogP) is 1.55. The molecule has 0 aromatic rings. The standard InChI is InChI=1S/C12H25NO2/c1-4-11(10-5-8-15-9-10)13-12(2,3)6-7-14/h10-11,13-14H,4-9H2,1-3H3. The van der Waals surface area contributed by atoms with Crippen molar-refractivity contribution in [2.24, 2.45) is 5.92 Å². The Morgan fingerprint density at radius 2 is 2.27 bits per heavy atom. The lowest BCUT2D eigenvalue weighted by atomic mass is 9.92. The summed E-state index contributed by atoms with van der Waals surface area (Å²) >= 11 is 0. The Bertz CT molecular complexity index is 176. The van der Waals surface area contributed by atoms with Crippen molar-refractivity contribution < 1.29 is 9.84 Å². The lowest BCUT2D eigenvalue weighted by Gasteiger charge is -2.33. The molecule has 3 nitrogen and oxygen atoms in total.